The highest BCUT2D eigenvalue weighted by Crippen LogP contribution is 2.30. The van der Waals surface area contributed by atoms with Crippen LogP contribution < -0.4 is 5.32 Å². The van der Waals surface area contributed by atoms with Gasteiger partial charge in [0.15, 0.2) is 0 Å². The fraction of sp³-hybridized carbons (Fsp3) is 0.533. The molecule has 0 spiro atoms. The summed E-state index contributed by atoms with van der Waals surface area (Å²) in [7, 11) is 1.54. The van der Waals surface area contributed by atoms with Crippen LogP contribution in [-0.4, -0.2) is 20.9 Å². The van der Waals surface area contributed by atoms with Crippen LogP contribution >= 0.6 is 10.7 Å². The Balaban J connectivity index is 2.06. The number of rotatable bonds is 4. The Morgan fingerprint density at radius 1 is 1.38 bits per heavy atom. The average Bonchev–Trinajstić information content (AvgIpc) is 2.80. The monoisotopic (exact) mass is 329 g/mol. The van der Waals surface area contributed by atoms with Crippen LogP contribution in [0.1, 0.15) is 42.1 Å². The van der Waals surface area contributed by atoms with Crippen LogP contribution in [-0.2, 0) is 9.05 Å². The Bertz CT molecular complexity index is 642. The van der Waals surface area contributed by atoms with E-state index in [-0.39, 0.29) is 10.8 Å². The molecule has 1 N–H and O–H groups in total. The first kappa shape index (κ1) is 16.3. The summed E-state index contributed by atoms with van der Waals surface area (Å²) >= 11 is 0. The van der Waals surface area contributed by atoms with Gasteiger partial charge in [-0.05, 0) is 48.9 Å². The van der Waals surface area contributed by atoms with Gasteiger partial charge in [0.25, 0.3) is 15.0 Å². The van der Waals surface area contributed by atoms with Crippen LogP contribution in [0.15, 0.2) is 23.1 Å². The average molecular weight is 330 g/mol. The molecular weight excluding hydrogens is 310 g/mol. The quantitative estimate of drug-likeness (QED) is 0.863. The highest BCUT2D eigenvalue weighted by molar-refractivity contribution is 8.13. The number of hydrogen-bond acceptors (Lipinski definition) is 3. The number of amides is 1. The van der Waals surface area contributed by atoms with Crippen molar-refractivity contribution in [3.8, 4) is 0 Å². The predicted molar refractivity (Wildman–Crippen MR) is 83.1 cm³/mol. The van der Waals surface area contributed by atoms with Gasteiger partial charge in [0, 0.05) is 22.8 Å². The van der Waals surface area contributed by atoms with Crippen molar-refractivity contribution in [3.05, 3.63) is 29.3 Å². The van der Waals surface area contributed by atoms with Crippen molar-refractivity contribution < 1.29 is 13.2 Å². The van der Waals surface area contributed by atoms with E-state index < -0.39 is 9.05 Å². The lowest BCUT2D eigenvalue weighted by Crippen LogP contribution is -2.30. The lowest BCUT2D eigenvalue weighted by atomic mass is 9.98. The lowest BCUT2D eigenvalue weighted by molar-refractivity contribution is 0.0944. The molecule has 2 unspecified atom stereocenters. The molecule has 0 aromatic heterocycles. The predicted octanol–water partition coefficient (Wildman–Crippen LogP) is 3.09. The van der Waals surface area contributed by atoms with E-state index in [1.807, 2.05) is 0 Å². The van der Waals surface area contributed by atoms with Gasteiger partial charge < -0.3 is 5.32 Å². The zero-order valence-electron chi connectivity index (χ0n) is 12.2. The van der Waals surface area contributed by atoms with Crippen molar-refractivity contribution >= 4 is 25.6 Å². The van der Waals surface area contributed by atoms with E-state index in [4.69, 9.17) is 10.7 Å². The molecule has 2 atom stereocenters. The molecule has 0 aliphatic heterocycles. The molecule has 1 aliphatic rings. The first-order chi connectivity index (χ1) is 9.79. The molecule has 1 saturated carbocycles. The van der Waals surface area contributed by atoms with Crippen molar-refractivity contribution in [1.29, 1.82) is 0 Å². The molecule has 0 bridgehead atoms. The van der Waals surface area contributed by atoms with Crippen LogP contribution in [0.3, 0.4) is 0 Å². The highest BCUT2D eigenvalue weighted by Gasteiger charge is 2.24. The van der Waals surface area contributed by atoms with Crippen molar-refractivity contribution in [1.82, 2.24) is 5.32 Å². The molecule has 116 valence electrons. The van der Waals surface area contributed by atoms with Crippen LogP contribution in [0.5, 0.6) is 0 Å². The first-order valence-corrected chi connectivity index (χ1v) is 9.43. The number of carbonyl (C=O) groups excluding carboxylic acids is 1. The summed E-state index contributed by atoms with van der Waals surface area (Å²) in [5.41, 5.74) is 1.10. The van der Waals surface area contributed by atoms with E-state index in [0.29, 0.717) is 29.5 Å². The minimum Gasteiger partial charge on any atom is -0.352 e. The number of nitrogens with one attached hydrogen (secondary N) is 1. The number of benzene rings is 1. The molecule has 0 saturated heterocycles. The third kappa shape index (κ3) is 3.98. The summed E-state index contributed by atoms with van der Waals surface area (Å²) in [6, 6.07) is 4.30. The number of halogens is 1. The van der Waals surface area contributed by atoms with E-state index >= 15 is 0 Å². The molecule has 0 radical (unpaired) electrons. The number of carbonyl (C=O) groups is 1. The van der Waals surface area contributed by atoms with Gasteiger partial charge in [-0.15, -0.1) is 0 Å². The molecule has 0 heterocycles. The summed E-state index contributed by atoms with van der Waals surface area (Å²) in [6.07, 6.45) is 3.61. The van der Waals surface area contributed by atoms with E-state index in [1.54, 1.807) is 6.92 Å². The summed E-state index contributed by atoms with van der Waals surface area (Å²) < 4.78 is 22.5. The van der Waals surface area contributed by atoms with Crippen molar-refractivity contribution in [2.45, 2.75) is 38.0 Å². The molecule has 1 aromatic rings. The molecule has 4 nitrogen and oxygen atoms in total. The van der Waals surface area contributed by atoms with Crippen LogP contribution in [0.4, 0.5) is 0 Å². The summed E-state index contributed by atoms with van der Waals surface area (Å²) in [4.78, 5) is 12.2. The second kappa shape index (κ2) is 6.36. The van der Waals surface area contributed by atoms with Crippen LogP contribution in [0.25, 0.3) is 0 Å². The molecule has 2 rings (SSSR count). The summed E-state index contributed by atoms with van der Waals surface area (Å²) in [5, 5.41) is 2.95. The third-order valence-corrected chi connectivity index (χ3v) is 5.64. The maximum absolute atomic E-state index is 12.2. The standard InChI is InChI=1S/C15H20ClNO3S/c1-10-4-3-5-12(10)9-17-15(18)14-7-6-13(8-11(14)2)21(16,19)20/h6-8,10,12H,3-5,9H2,1-2H3,(H,17,18). The van der Waals surface area contributed by atoms with Crippen molar-refractivity contribution in [3.63, 3.8) is 0 Å². The van der Waals surface area contributed by atoms with Gasteiger partial charge in [-0.1, -0.05) is 19.8 Å². The topological polar surface area (TPSA) is 63.2 Å². The maximum atomic E-state index is 12.2. The lowest BCUT2D eigenvalue weighted by Gasteiger charge is -2.16. The van der Waals surface area contributed by atoms with E-state index in [2.05, 4.69) is 12.2 Å². The summed E-state index contributed by atoms with van der Waals surface area (Å²) in [5.74, 6) is 1.03. The maximum Gasteiger partial charge on any atom is 0.261 e. The van der Waals surface area contributed by atoms with Crippen molar-refractivity contribution in [2.24, 2.45) is 11.8 Å². The van der Waals surface area contributed by atoms with Crippen LogP contribution in [0, 0.1) is 18.8 Å². The molecule has 21 heavy (non-hydrogen) atoms. The van der Waals surface area contributed by atoms with Gasteiger partial charge in [0.2, 0.25) is 0 Å². The molecular formula is C15H20ClNO3S. The SMILES string of the molecule is Cc1cc(S(=O)(=O)Cl)ccc1C(=O)NCC1CCCC1C. The Morgan fingerprint density at radius 2 is 2.10 bits per heavy atom. The minimum absolute atomic E-state index is 0.0163. The van der Waals surface area contributed by atoms with E-state index in [9.17, 15) is 13.2 Å². The van der Waals surface area contributed by atoms with Crippen molar-refractivity contribution in [2.75, 3.05) is 6.54 Å². The minimum atomic E-state index is -3.76. The first-order valence-electron chi connectivity index (χ1n) is 7.12. The highest BCUT2D eigenvalue weighted by atomic mass is 35.7. The Morgan fingerprint density at radius 3 is 2.62 bits per heavy atom. The fourth-order valence-electron chi connectivity index (χ4n) is 2.89. The third-order valence-electron chi connectivity index (χ3n) is 4.29. The van der Waals surface area contributed by atoms with Gasteiger partial charge in [-0.3, -0.25) is 4.79 Å². The van der Waals surface area contributed by atoms with Crippen LogP contribution in [0.2, 0.25) is 0 Å². The second-order valence-electron chi connectivity index (χ2n) is 5.79. The smallest absolute Gasteiger partial charge is 0.261 e. The van der Waals surface area contributed by atoms with Gasteiger partial charge in [-0.2, -0.15) is 0 Å². The second-order valence-corrected chi connectivity index (χ2v) is 8.36. The Hall–Kier alpha value is -1.07. The van der Waals surface area contributed by atoms with Gasteiger partial charge in [0.05, 0.1) is 4.90 Å². The fourth-order valence-corrected chi connectivity index (χ4v) is 3.72. The van der Waals surface area contributed by atoms with Gasteiger partial charge in [-0.25, -0.2) is 8.42 Å². The summed E-state index contributed by atoms with van der Waals surface area (Å²) in [6.45, 7) is 4.60. The number of hydrogen-bond donors (Lipinski definition) is 1. The van der Waals surface area contributed by atoms with E-state index in [0.717, 1.165) is 6.42 Å². The molecule has 1 aromatic carbocycles. The molecule has 6 heteroatoms. The number of aryl methyl sites for hydroxylation is 1. The van der Waals surface area contributed by atoms with E-state index in [1.165, 1.54) is 31.0 Å². The molecule has 1 fully saturated rings. The van der Waals surface area contributed by atoms with Gasteiger partial charge >= 0.3 is 0 Å². The molecule has 1 aliphatic carbocycles. The largest absolute Gasteiger partial charge is 0.352 e. The normalized spacial score (nSPS) is 22.2. The Kier molecular flexibility index (Phi) is 4.94. The molecule has 1 amide bonds. The Labute approximate surface area is 130 Å². The zero-order chi connectivity index (χ0) is 15.6. The van der Waals surface area contributed by atoms with Gasteiger partial charge in [0.1, 0.15) is 0 Å². The zero-order valence-corrected chi connectivity index (χ0v) is 13.8.